The molecule has 0 amide bonds. The Hall–Kier alpha value is -0.120. The Balaban J connectivity index is 0.000000360. The van der Waals surface area contributed by atoms with Crippen molar-refractivity contribution in [2.24, 2.45) is 0 Å². The largest absolute Gasteiger partial charge is 0.412 e. The third-order valence-corrected chi connectivity index (χ3v) is 0.906. The van der Waals surface area contributed by atoms with Gasteiger partial charge >= 0.3 is 0 Å². The van der Waals surface area contributed by atoms with Gasteiger partial charge in [-0.2, -0.15) is 0 Å². The minimum atomic E-state index is -0.176. The number of aliphatic hydroxyl groups is 1. The maximum atomic E-state index is 8.60. The van der Waals surface area contributed by atoms with Gasteiger partial charge in [0.2, 0.25) is 0 Å². The maximum Gasteiger partial charge on any atom is 0.0795 e. The van der Waals surface area contributed by atoms with Gasteiger partial charge in [0.15, 0.2) is 0 Å². The van der Waals surface area contributed by atoms with Gasteiger partial charge in [0.1, 0.15) is 0 Å². The van der Waals surface area contributed by atoms with Gasteiger partial charge < -0.3 is 15.3 Å². The van der Waals surface area contributed by atoms with Crippen LogP contribution in [0.3, 0.4) is 0 Å². The third-order valence-electron chi connectivity index (χ3n) is 0.906. The normalized spacial score (nSPS) is 29.6. The fraction of sp³-hybridized carbons (Fsp3) is 1.00. The molecular weight excluding hydrogens is 96.0 g/mol. The molecular formula is C4H10O3. The standard InChI is InChI=1S/C4H8O2.H2O/c5-4-1-2-6-3-4;/h4-5H,1-3H2;1H2. The highest BCUT2D eigenvalue weighted by Crippen LogP contribution is 2.00. The van der Waals surface area contributed by atoms with Gasteiger partial charge in [0, 0.05) is 6.61 Å². The molecule has 3 N–H and O–H groups in total. The number of hydrogen-bond donors (Lipinski definition) is 1. The number of hydrogen-bond acceptors (Lipinski definition) is 2. The van der Waals surface area contributed by atoms with Gasteiger partial charge in [0.25, 0.3) is 0 Å². The molecule has 44 valence electrons. The molecule has 0 aromatic heterocycles. The van der Waals surface area contributed by atoms with Crippen molar-refractivity contribution in [3.05, 3.63) is 0 Å². The second-order valence-electron chi connectivity index (χ2n) is 1.52. The predicted molar refractivity (Wildman–Crippen MR) is 25.1 cm³/mol. The van der Waals surface area contributed by atoms with Gasteiger partial charge in [-0.1, -0.05) is 0 Å². The van der Waals surface area contributed by atoms with E-state index in [4.69, 9.17) is 9.84 Å². The molecule has 0 aromatic carbocycles. The average Bonchev–Trinajstić information content (AvgIpc) is 1.86. The molecule has 0 saturated carbocycles. The highest BCUT2D eigenvalue weighted by atomic mass is 16.5. The SMILES string of the molecule is O.OC1CCOC1. The molecule has 1 atom stereocenters. The average molecular weight is 106 g/mol. The Morgan fingerprint density at radius 1 is 1.57 bits per heavy atom. The van der Waals surface area contributed by atoms with Gasteiger partial charge in [0.05, 0.1) is 12.7 Å². The summed E-state index contributed by atoms with van der Waals surface area (Å²) in [5, 5.41) is 8.60. The molecule has 0 radical (unpaired) electrons. The fourth-order valence-electron chi connectivity index (χ4n) is 0.522. The second-order valence-corrected chi connectivity index (χ2v) is 1.52. The maximum absolute atomic E-state index is 8.60. The molecule has 1 fully saturated rings. The third kappa shape index (κ3) is 1.87. The summed E-state index contributed by atoms with van der Waals surface area (Å²) >= 11 is 0. The zero-order valence-electron chi connectivity index (χ0n) is 4.05. The lowest BCUT2D eigenvalue weighted by molar-refractivity contribution is 0.127. The van der Waals surface area contributed by atoms with Crippen molar-refractivity contribution in [1.82, 2.24) is 0 Å². The van der Waals surface area contributed by atoms with Crippen molar-refractivity contribution in [2.45, 2.75) is 12.5 Å². The lowest BCUT2D eigenvalue weighted by atomic mass is 10.3. The van der Waals surface area contributed by atoms with E-state index < -0.39 is 0 Å². The van der Waals surface area contributed by atoms with Crippen molar-refractivity contribution in [1.29, 1.82) is 0 Å². The molecule has 3 heteroatoms. The van der Waals surface area contributed by atoms with Crippen LogP contribution in [-0.4, -0.2) is 29.9 Å². The minimum Gasteiger partial charge on any atom is -0.412 e. The summed E-state index contributed by atoms with van der Waals surface area (Å²) in [4.78, 5) is 0. The van der Waals surface area contributed by atoms with Crippen LogP contribution < -0.4 is 0 Å². The van der Waals surface area contributed by atoms with E-state index in [-0.39, 0.29) is 11.6 Å². The van der Waals surface area contributed by atoms with Crippen molar-refractivity contribution in [3.8, 4) is 0 Å². The summed E-state index contributed by atoms with van der Waals surface area (Å²) in [6.45, 7) is 1.28. The first-order valence-corrected chi connectivity index (χ1v) is 2.15. The molecule has 0 bridgehead atoms. The molecule has 1 heterocycles. The zero-order valence-corrected chi connectivity index (χ0v) is 4.05. The monoisotopic (exact) mass is 106 g/mol. The van der Waals surface area contributed by atoms with Crippen LogP contribution >= 0.6 is 0 Å². The van der Waals surface area contributed by atoms with Gasteiger partial charge in [-0.25, -0.2) is 0 Å². The molecule has 0 aliphatic carbocycles. The Morgan fingerprint density at radius 2 is 2.29 bits per heavy atom. The second kappa shape index (κ2) is 2.96. The molecule has 1 aliphatic heterocycles. The fourth-order valence-corrected chi connectivity index (χ4v) is 0.522. The number of rotatable bonds is 0. The van der Waals surface area contributed by atoms with E-state index in [1.54, 1.807) is 0 Å². The zero-order chi connectivity index (χ0) is 4.41. The van der Waals surface area contributed by atoms with Crippen LogP contribution in [0.5, 0.6) is 0 Å². The van der Waals surface area contributed by atoms with Crippen LogP contribution in [0.2, 0.25) is 0 Å². The summed E-state index contributed by atoms with van der Waals surface area (Å²) in [5.41, 5.74) is 0. The molecule has 0 aromatic rings. The van der Waals surface area contributed by atoms with Crippen LogP contribution in [0.4, 0.5) is 0 Å². The molecule has 1 unspecified atom stereocenters. The first kappa shape index (κ1) is 6.88. The first-order valence-electron chi connectivity index (χ1n) is 2.15. The van der Waals surface area contributed by atoms with E-state index in [0.717, 1.165) is 13.0 Å². The first-order chi connectivity index (χ1) is 2.89. The molecule has 1 rings (SSSR count). The van der Waals surface area contributed by atoms with E-state index in [1.807, 2.05) is 0 Å². The topological polar surface area (TPSA) is 61.0 Å². The van der Waals surface area contributed by atoms with Gasteiger partial charge in [-0.3, -0.25) is 0 Å². The predicted octanol–water partition coefficient (Wildman–Crippen LogP) is -1.06. The van der Waals surface area contributed by atoms with Crippen LogP contribution in [0.15, 0.2) is 0 Å². The molecule has 1 saturated heterocycles. The number of aliphatic hydroxyl groups excluding tert-OH is 1. The molecule has 0 spiro atoms. The number of ether oxygens (including phenoxy) is 1. The highest BCUT2D eigenvalue weighted by Gasteiger charge is 2.09. The van der Waals surface area contributed by atoms with Crippen molar-refractivity contribution in [2.75, 3.05) is 13.2 Å². The van der Waals surface area contributed by atoms with Gasteiger partial charge in [-0.15, -0.1) is 0 Å². The van der Waals surface area contributed by atoms with E-state index >= 15 is 0 Å². The lowest BCUT2D eigenvalue weighted by Crippen LogP contribution is -2.02. The Bertz CT molecular complexity index is 40.2. The molecule has 3 nitrogen and oxygen atoms in total. The smallest absolute Gasteiger partial charge is 0.0795 e. The minimum absolute atomic E-state index is 0. The molecule has 1 aliphatic rings. The summed E-state index contributed by atoms with van der Waals surface area (Å²) < 4.78 is 4.81. The van der Waals surface area contributed by atoms with Crippen molar-refractivity contribution in [3.63, 3.8) is 0 Å². The van der Waals surface area contributed by atoms with Crippen LogP contribution in [0.25, 0.3) is 0 Å². The Morgan fingerprint density at radius 3 is 2.43 bits per heavy atom. The van der Waals surface area contributed by atoms with Crippen LogP contribution in [0, 0.1) is 0 Å². The summed E-state index contributed by atoms with van der Waals surface area (Å²) in [5.74, 6) is 0. The van der Waals surface area contributed by atoms with E-state index in [9.17, 15) is 0 Å². The van der Waals surface area contributed by atoms with Crippen molar-refractivity contribution >= 4 is 0 Å². The quantitative estimate of drug-likeness (QED) is 0.428. The molecule has 7 heavy (non-hydrogen) atoms. The Kier molecular flexibility index (Phi) is 2.91. The van der Waals surface area contributed by atoms with E-state index in [1.165, 1.54) is 0 Å². The Labute approximate surface area is 42.2 Å². The van der Waals surface area contributed by atoms with Gasteiger partial charge in [-0.05, 0) is 6.42 Å². The summed E-state index contributed by atoms with van der Waals surface area (Å²) in [7, 11) is 0. The van der Waals surface area contributed by atoms with Crippen LogP contribution in [-0.2, 0) is 4.74 Å². The highest BCUT2D eigenvalue weighted by molar-refractivity contribution is 4.58. The summed E-state index contributed by atoms with van der Waals surface area (Å²) in [6.07, 6.45) is 0.644. The lowest BCUT2D eigenvalue weighted by Gasteiger charge is -1.89. The van der Waals surface area contributed by atoms with Crippen LogP contribution in [0.1, 0.15) is 6.42 Å². The summed E-state index contributed by atoms with van der Waals surface area (Å²) in [6, 6.07) is 0. The van der Waals surface area contributed by atoms with E-state index in [2.05, 4.69) is 0 Å². The van der Waals surface area contributed by atoms with E-state index in [0.29, 0.717) is 6.61 Å². The van der Waals surface area contributed by atoms with Crippen molar-refractivity contribution < 1.29 is 15.3 Å².